The van der Waals surface area contributed by atoms with Crippen molar-refractivity contribution >= 4 is 11.8 Å². The van der Waals surface area contributed by atoms with Crippen LogP contribution in [0.15, 0.2) is 54.6 Å². The molecule has 0 saturated heterocycles. The van der Waals surface area contributed by atoms with Crippen molar-refractivity contribution in [2.45, 2.75) is 25.8 Å². The third-order valence-corrected chi connectivity index (χ3v) is 3.63. The molecule has 0 saturated carbocycles. The Hall–Kier alpha value is -2.82. The van der Waals surface area contributed by atoms with Crippen molar-refractivity contribution in [3.8, 4) is 5.75 Å². The molecule has 0 fully saturated rings. The first kappa shape index (κ1) is 17.5. The van der Waals surface area contributed by atoms with Crippen LogP contribution in [-0.2, 0) is 11.2 Å². The van der Waals surface area contributed by atoms with Crippen LogP contribution < -0.4 is 15.8 Å². The molecule has 24 heavy (non-hydrogen) atoms. The molecule has 1 atom stereocenters. The van der Waals surface area contributed by atoms with Gasteiger partial charge in [0.15, 0.2) is 6.61 Å². The molecule has 3 N–H and O–H groups in total. The molecule has 0 aliphatic rings. The summed E-state index contributed by atoms with van der Waals surface area (Å²) in [4.78, 5) is 22.9. The summed E-state index contributed by atoms with van der Waals surface area (Å²) >= 11 is 0. The van der Waals surface area contributed by atoms with E-state index in [1.807, 2.05) is 25.1 Å². The minimum atomic E-state index is -0.494. The van der Waals surface area contributed by atoms with E-state index in [1.54, 1.807) is 24.3 Å². The summed E-state index contributed by atoms with van der Waals surface area (Å²) in [6, 6.07) is 16.6. The molecule has 2 amide bonds. The molecule has 0 radical (unpaired) electrons. The van der Waals surface area contributed by atoms with Gasteiger partial charge in [-0.25, -0.2) is 0 Å². The second-order valence-corrected chi connectivity index (χ2v) is 5.67. The Bertz CT molecular complexity index is 669. The first-order valence-electron chi connectivity index (χ1n) is 7.90. The summed E-state index contributed by atoms with van der Waals surface area (Å²) in [5.74, 6) is -0.145. The molecule has 5 nitrogen and oxygen atoms in total. The maximum absolute atomic E-state index is 11.9. The monoisotopic (exact) mass is 326 g/mol. The van der Waals surface area contributed by atoms with E-state index in [2.05, 4.69) is 17.4 Å². The van der Waals surface area contributed by atoms with Crippen molar-refractivity contribution in [1.82, 2.24) is 5.32 Å². The molecule has 0 bridgehead atoms. The van der Waals surface area contributed by atoms with Gasteiger partial charge in [0.2, 0.25) is 5.91 Å². The van der Waals surface area contributed by atoms with E-state index in [4.69, 9.17) is 10.5 Å². The highest BCUT2D eigenvalue weighted by atomic mass is 16.5. The Labute approximate surface area is 141 Å². The summed E-state index contributed by atoms with van der Waals surface area (Å²) < 4.78 is 5.40. The van der Waals surface area contributed by atoms with Crippen molar-refractivity contribution in [2.24, 2.45) is 5.73 Å². The van der Waals surface area contributed by atoms with E-state index in [0.29, 0.717) is 11.3 Å². The molecule has 2 aromatic rings. The fraction of sp³-hybridized carbons (Fsp3) is 0.263. The lowest BCUT2D eigenvalue weighted by Crippen LogP contribution is -2.36. The number of primary amides is 1. The minimum Gasteiger partial charge on any atom is -0.484 e. The van der Waals surface area contributed by atoms with Crippen molar-refractivity contribution in [1.29, 1.82) is 0 Å². The number of carbonyl (C=O) groups is 2. The van der Waals surface area contributed by atoms with Gasteiger partial charge in [0.25, 0.3) is 5.91 Å². The number of carbonyl (C=O) groups excluding carboxylic acids is 2. The summed E-state index contributed by atoms with van der Waals surface area (Å²) in [5.41, 5.74) is 6.83. The lowest BCUT2D eigenvalue weighted by atomic mass is 10.1. The van der Waals surface area contributed by atoms with Crippen LogP contribution in [0.5, 0.6) is 5.75 Å². The highest BCUT2D eigenvalue weighted by Gasteiger charge is 2.09. The van der Waals surface area contributed by atoms with Crippen LogP contribution >= 0.6 is 0 Å². The minimum absolute atomic E-state index is 0.0639. The molecular formula is C19H22N2O3. The van der Waals surface area contributed by atoms with Crippen molar-refractivity contribution in [3.05, 3.63) is 65.7 Å². The third-order valence-electron chi connectivity index (χ3n) is 3.63. The van der Waals surface area contributed by atoms with Gasteiger partial charge in [0.05, 0.1) is 0 Å². The van der Waals surface area contributed by atoms with Crippen molar-refractivity contribution in [2.75, 3.05) is 6.61 Å². The first-order valence-corrected chi connectivity index (χ1v) is 7.90. The van der Waals surface area contributed by atoms with E-state index in [0.717, 1.165) is 12.8 Å². The van der Waals surface area contributed by atoms with Crippen LogP contribution in [0.1, 0.15) is 29.3 Å². The van der Waals surface area contributed by atoms with Crippen LogP contribution in [0, 0.1) is 0 Å². The van der Waals surface area contributed by atoms with Gasteiger partial charge in [-0.2, -0.15) is 0 Å². The highest BCUT2D eigenvalue weighted by Crippen LogP contribution is 2.11. The standard InChI is InChI=1S/C19H22N2O3/c1-14(7-8-15-5-3-2-4-6-15)21-18(22)13-24-17-11-9-16(10-12-17)19(20)23/h2-6,9-12,14H,7-8,13H2,1H3,(H2,20,23)(H,21,22)/t14-/m1/s1. The van der Waals surface area contributed by atoms with E-state index in [9.17, 15) is 9.59 Å². The zero-order valence-electron chi connectivity index (χ0n) is 13.7. The molecule has 0 heterocycles. The topological polar surface area (TPSA) is 81.4 Å². The van der Waals surface area contributed by atoms with Gasteiger partial charge in [-0.3, -0.25) is 9.59 Å². The summed E-state index contributed by atoms with van der Waals surface area (Å²) in [6.07, 6.45) is 1.78. The SMILES string of the molecule is C[C@H](CCc1ccccc1)NC(=O)COc1ccc(C(N)=O)cc1. The Morgan fingerprint density at radius 2 is 1.75 bits per heavy atom. The van der Waals surface area contributed by atoms with Crippen LogP contribution in [0.3, 0.4) is 0 Å². The predicted octanol–water partition coefficient (Wildman–Crippen LogP) is 2.30. The maximum atomic E-state index is 11.9. The average Bonchev–Trinajstić information content (AvgIpc) is 2.59. The quantitative estimate of drug-likeness (QED) is 0.781. The Balaban J connectivity index is 1.71. The molecule has 2 aromatic carbocycles. The third kappa shape index (κ3) is 5.76. The number of nitrogens with two attached hydrogens (primary N) is 1. The molecule has 0 aliphatic carbocycles. The zero-order valence-corrected chi connectivity index (χ0v) is 13.7. The van der Waals surface area contributed by atoms with E-state index >= 15 is 0 Å². The van der Waals surface area contributed by atoms with Crippen molar-refractivity contribution < 1.29 is 14.3 Å². The van der Waals surface area contributed by atoms with E-state index < -0.39 is 5.91 Å². The molecular weight excluding hydrogens is 304 g/mol. The summed E-state index contributed by atoms with van der Waals surface area (Å²) in [5, 5.41) is 2.91. The van der Waals surface area contributed by atoms with Gasteiger partial charge < -0.3 is 15.8 Å². The lowest BCUT2D eigenvalue weighted by molar-refractivity contribution is -0.123. The number of nitrogens with one attached hydrogen (secondary N) is 1. The van der Waals surface area contributed by atoms with Gasteiger partial charge in [-0.05, 0) is 49.6 Å². The molecule has 126 valence electrons. The Morgan fingerprint density at radius 3 is 2.38 bits per heavy atom. The summed E-state index contributed by atoms with van der Waals surface area (Å²) in [6.45, 7) is 1.91. The first-order chi connectivity index (χ1) is 11.5. The maximum Gasteiger partial charge on any atom is 0.258 e. The normalized spacial score (nSPS) is 11.5. The van der Waals surface area contributed by atoms with Gasteiger partial charge in [-0.1, -0.05) is 30.3 Å². The van der Waals surface area contributed by atoms with Crippen molar-refractivity contribution in [3.63, 3.8) is 0 Å². The van der Waals surface area contributed by atoms with Gasteiger partial charge in [-0.15, -0.1) is 0 Å². The van der Waals surface area contributed by atoms with Crippen LogP contribution in [-0.4, -0.2) is 24.5 Å². The number of ether oxygens (including phenoxy) is 1. The van der Waals surface area contributed by atoms with E-state index in [-0.39, 0.29) is 18.6 Å². The molecule has 0 aromatic heterocycles. The average molecular weight is 326 g/mol. The number of benzene rings is 2. The number of amides is 2. The predicted molar refractivity (Wildman–Crippen MR) is 92.8 cm³/mol. The molecule has 0 unspecified atom stereocenters. The largest absolute Gasteiger partial charge is 0.484 e. The number of hydrogen-bond acceptors (Lipinski definition) is 3. The molecule has 0 spiro atoms. The second-order valence-electron chi connectivity index (χ2n) is 5.67. The number of aryl methyl sites for hydroxylation is 1. The Morgan fingerprint density at radius 1 is 1.08 bits per heavy atom. The highest BCUT2D eigenvalue weighted by molar-refractivity contribution is 5.92. The smallest absolute Gasteiger partial charge is 0.258 e. The summed E-state index contributed by atoms with van der Waals surface area (Å²) in [7, 11) is 0. The number of rotatable bonds is 8. The van der Waals surface area contributed by atoms with Crippen LogP contribution in [0.25, 0.3) is 0 Å². The van der Waals surface area contributed by atoms with Gasteiger partial charge in [0, 0.05) is 11.6 Å². The zero-order chi connectivity index (χ0) is 17.4. The second kappa shape index (κ2) is 8.72. The lowest BCUT2D eigenvalue weighted by Gasteiger charge is -2.14. The fourth-order valence-electron chi connectivity index (χ4n) is 2.28. The van der Waals surface area contributed by atoms with Gasteiger partial charge >= 0.3 is 0 Å². The number of hydrogen-bond donors (Lipinski definition) is 2. The van der Waals surface area contributed by atoms with E-state index in [1.165, 1.54) is 5.56 Å². The molecule has 5 heteroatoms. The molecule has 0 aliphatic heterocycles. The van der Waals surface area contributed by atoms with Crippen LogP contribution in [0.4, 0.5) is 0 Å². The Kier molecular flexibility index (Phi) is 6.37. The van der Waals surface area contributed by atoms with Crippen LogP contribution in [0.2, 0.25) is 0 Å². The molecule has 2 rings (SSSR count). The fourth-order valence-corrected chi connectivity index (χ4v) is 2.28. The van der Waals surface area contributed by atoms with Gasteiger partial charge in [0.1, 0.15) is 5.75 Å².